The van der Waals surface area contributed by atoms with E-state index in [-0.39, 0.29) is 5.69 Å². The monoisotopic (exact) mass is 332 g/mol. The maximum atomic E-state index is 11.3. The maximum absolute atomic E-state index is 11.3. The Kier molecular flexibility index (Phi) is 7.49. The summed E-state index contributed by atoms with van der Waals surface area (Å²) in [5.41, 5.74) is 6.46. The van der Waals surface area contributed by atoms with Gasteiger partial charge in [-0.05, 0) is 30.7 Å². The zero-order chi connectivity index (χ0) is 15.8. The lowest BCUT2D eigenvalue weighted by Crippen LogP contribution is -2.32. The van der Waals surface area contributed by atoms with E-state index >= 15 is 0 Å². The highest BCUT2D eigenvalue weighted by Gasteiger charge is 2.14. The van der Waals surface area contributed by atoms with Gasteiger partial charge in [0.1, 0.15) is 6.04 Å². The van der Waals surface area contributed by atoms with Crippen molar-refractivity contribution in [1.82, 2.24) is 0 Å². The first-order valence-electron chi connectivity index (χ1n) is 6.38. The van der Waals surface area contributed by atoms with Gasteiger partial charge in [0.2, 0.25) is 0 Å². The van der Waals surface area contributed by atoms with Gasteiger partial charge in [-0.25, -0.2) is 0 Å². The van der Waals surface area contributed by atoms with Gasteiger partial charge < -0.3 is 10.5 Å². The maximum Gasteiger partial charge on any atom is 0.322 e. The van der Waals surface area contributed by atoms with E-state index in [9.17, 15) is 14.9 Å². The van der Waals surface area contributed by atoms with Crippen molar-refractivity contribution < 1.29 is 14.5 Å². The number of carbonyl (C=O) groups excluding carboxylic acids is 1. The fraction of sp³-hybridized carbons (Fsp3) is 0.462. The Morgan fingerprint density at radius 2 is 2.29 bits per heavy atom. The normalized spacial score (nSPS) is 12.0. The number of nitrogens with zero attached hydrogens (tertiary/aromatic N) is 1. The van der Waals surface area contributed by atoms with Gasteiger partial charge in [-0.15, -0.1) is 0 Å². The summed E-state index contributed by atoms with van der Waals surface area (Å²) in [4.78, 5) is 21.4. The van der Waals surface area contributed by atoms with Crippen LogP contribution in [0.4, 0.5) is 5.69 Å². The molecule has 2 N–H and O–H groups in total. The molecule has 1 rings (SSSR count). The average molecular weight is 333 g/mol. The number of ether oxygens (including phenoxy) is 1. The van der Waals surface area contributed by atoms with Crippen LogP contribution in [0.5, 0.6) is 0 Å². The lowest BCUT2D eigenvalue weighted by atomic mass is 10.2. The molecule has 116 valence electrons. The second-order valence-electron chi connectivity index (χ2n) is 4.23. The molecule has 0 fully saturated rings. The number of hydrogen-bond donors (Lipinski definition) is 1. The van der Waals surface area contributed by atoms with Gasteiger partial charge in [-0.2, -0.15) is 11.8 Å². The van der Waals surface area contributed by atoms with E-state index in [0.717, 1.165) is 5.56 Å². The number of rotatable bonds is 8. The lowest BCUT2D eigenvalue weighted by Gasteiger charge is -2.10. The molecule has 0 spiro atoms. The Hall–Kier alpha value is -1.31. The van der Waals surface area contributed by atoms with E-state index in [1.165, 1.54) is 12.1 Å². The number of carbonyl (C=O) groups is 1. The molecule has 1 aromatic rings. The fourth-order valence-corrected chi connectivity index (χ4v) is 2.88. The van der Waals surface area contributed by atoms with Crippen LogP contribution in [0.3, 0.4) is 0 Å². The van der Waals surface area contributed by atoms with E-state index in [0.29, 0.717) is 29.6 Å². The number of nitro benzene ring substituents is 1. The molecule has 6 nitrogen and oxygen atoms in total. The highest BCUT2D eigenvalue weighted by molar-refractivity contribution is 7.98. The highest BCUT2D eigenvalue weighted by atomic mass is 35.5. The summed E-state index contributed by atoms with van der Waals surface area (Å²) < 4.78 is 4.82. The Bertz CT molecular complexity index is 513. The molecule has 0 aliphatic carbocycles. The molecule has 0 saturated heterocycles. The van der Waals surface area contributed by atoms with Gasteiger partial charge in [0.25, 0.3) is 5.69 Å². The summed E-state index contributed by atoms with van der Waals surface area (Å²) in [5.74, 6) is 0.881. The van der Waals surface area contributed by atoms with E-state index < -0.39 is 16.9 Å². The van der Waals surface area contributed by atoms with Crippen LogP contribution in [-0.4, -0.2) is 29.3 Å². The third-order valence-corrected chi connectivity index (χ3v) is 4.06. The van der Waals surface area contributed by atoms with Crippen LogP contribution in [0.1, 0.15) is 18.9 Å². The van der Waals surface area contributed by atoms with Gasteiger partial charge in [-0.1, -0.05) is 11.6 Å². The van der Waals surface area contributed by atoms with E-state index in [2.05, 4.69) is 0 Å². The van der Waals surface area contributed by atoms with Crippen molar-refractivity contribution in [1.29, 1.82) is 0 Å². The molecule has 1 unspecified atom stereocenters. The topological polar surface area (TPSA) is 95.5 Å². The van der Waals surface area contributed by atoms with Crippen molar-refractivity contribution in [2.24, 2.45) is 5.73 Å². The first kappa shape index (κ1) is 17.7. The van der Waals surface area contributed by atoms with Crippen molar-refractivity contribution in [3.05, 3.63) is 38.9 Å². The van der Waals surface area contributed by atoms with Crippen LogP contribution >= 0.6 is 23.4 Å². The third-order valence-electron chi connectivity index (χ3n) is 2.67. The molecule has 8 heteroatoms. The van der Waals surface area contributed by atoms with Crippen LogP contribution < -0.4 is 5.73 Å². The van der Waals surface area contributed by atoms with Crippen LogP contribution in [0, 0.1) is 10.1 Å². The molecule has 0 heterocycles. The predicted octanol–water partition coefficient (Wildman–Crippen LogP) is 2.76. The van der Waals surface area contributed by atoms with Crippen molar-refractivity contribution >= 4 is 35.0 Å². The second-order valence-corrected chi connectivity index (χ2v) is 5.74. The van der Waals surface area contributed by atoms with Gasteiger partial charge in [0, 0.05) is 17.9 Å². The molecule has 0 bridgehead atoms. The molecule has 0 radical (unpaired) electrons. The zero-order valence-corrected chi connectivity index (χ0v) is 13.2. The van der Waals surface area contributed by atoms with Gasteiger partial charge in [-0.3, -0.25) is 14.9 Å². The number of non-ortho nitro benzene ring substituents is 1. The summed E-state index contributed by atoms with van der Waals surface area (Å²) in [7, 11) is 0. The van der Waals surface area contributed by atoms with Crippen LogP contribution in [0.2, 0.25) is 5.02 Å². The van der Waals surface area contributed by atoms with E-state index in [1.807, 2.05) is 0 Å². The molecule has 0 aromatic heterocycles. The smallest absolute Gasteiger partial charge is 0.322 e. The van der Waals surface area contributed by atoms with Gasteiger partial charge in [0.15, 0.2) is 0 Å². The predicted molar refractivity (Wildman–Crippen MR) is 83.5 cm³/mol. The molecule has 0 saturated carbocycles. The van der Waals surface area contributed by atoms with Crippen molar-refractivity contribution in [3.8, 4) is 0 Å². The molecular weight excluding hydrogens is 316 g/mol. The minimum absolute atomic E-state index is 0.0296. The summed E-state index contributed by atoms with van der Waals surface area (Å²) in [6, 6.07) is 3.77. The molecular formula is C13H17ClN2O4S. The SMILES string of the molecule is CCOC(=O)C(N)CCSCc1ccc([N+](=O)[O-])cc1Cl. The summed E-state index contributed by atoms with van der Waals surface area (Å²) in [6.07, 6.45) is 0.508. The molecule has 21 heavy (non-hydrogen) atoms. The Morgan fingerprint density at radius 1 is 1.57 bits per heavy atom. The first-order valence-corrected chi connectivity index (χ1v) is 7.91. The number of nitro groups is 1. The average Bonchev–Trinajstić information content (AvgIpc) is 2.44. The fourth-order valence-electron chi connectivity index (χ4n) is 1.53. The second kappa shape index (κ2) is 8.86. The minimum atomic E-state index is -0.621. The molecule has 0 aliphatic rings. The van der Waals surface area contributed by atoms with Gasteiger partial charge in [0.05, 0.1) is 16.6 Å². The standard InChI is InChI=1S/C13H17ClN2O4S/c1-2-20-13(17)12(15)5-6-21-8-9-3-4-10(16(18)19)7-11(9)14/h3-4,7,12H,2,5-6,8,15H2,1H3. The van der Waals surface area contributed by atoms with Crippen LogP contribution in [-0.2, 0) is 15.3 Å². The minimum Gasteiger partial charge on any atom is -0.465 e. The molecule has 0 amide bonds. The van der Waals surface area contributed by atoms with Gasteiger partial charge >= 0.3 is 5.97 Å². The number of halogens is 1. The lowest BCUT2D eigenvalue weighted by molar-refractivity contribution is -0.384. The third kappa shape index (κ3) is 5.91. The zero-order valence-electron chi connectivity index (χ0n) is 11.6. The van der Waals surface area contributed by atoms with Crippen molar-refractivity contribution in [2.45, 2.75) is 25.1 Å². The number of nitrogens with two attached hydrogens (primary N) is 1. The number of thioether (sulfide) groups is 1. The highest BCUT2D eigenvalue weighted by Crippen LogP contribution is 2.26. The van der Waals surface area contributed by atoms with Crippen LogP contribution in [0.25, 0.3) is 0 Å². The van der Waals surface area contributed by atoms with Crippen molar-refractivity contribution in [3.63, 3.8) is 0 Å². The molecule has 1 aromatic carbocycles. The Labute approximate surface area is 132 Å². The molecule has 0 aliphatic heterocycles. The summed E-state index contributed by atoms with van der Waals surface area (Å²) in [6.45, 7) is 2.05. The van der Waals surface area contributed by atoms with E-state index in [1.54, 1.807) is 24.8 Å². The number of hydrogen-bond acceptors (Lipinski definition) is 6. The number of benzene rings is 1. The Morgan fingerprint density at radius 3 is 2.86 bits per heavy atom. The van der Waals surface area contributed by atoms with Crippen molar-refractivity contribution in [2.75, 3.05) is 12.4 Å². The summed E-state index contributed by atoms with van der Waals surface area (Å²) >= 11 is 7.55. The molecule has 1 atom stereocenters. The summed E-state index contributed by atoms with van der Waals surface area (Å²) in [5, 5.41) is 11.0. The first-order chi connectivity index (χ1) is 9.95. The number of esters is 1. The van der Waals surface area contributed by atoms with E-state index in [4.69, 9.17) is 22.1 Å². The van der Waals surface area contributed by atoms with Crippen LogP contribution in [0.15, 0.2) is 18.2 Å². The largest absolute Gasteiger partial charge is 0.465 e. The quantitative estimate of drug-likeness (QED) is 0.340. The Balaban J connectivity index is 2.39.